The summed E-state index contributed by atoms with van der Waals surface area (Å²) in [6.45, 7) is 1.73. The number of nitrogens with zero attached hydrogens (tertiary/aromatic N) is 1. The maximum absolute atomic E-state index is 12.9. The maximum Gasteiger partial charge on any atom is 0.256 e. The topological polar surface area (TPSA) is 45.3 Å². The van der Waals surface area contributed by atoms with Crippen LogP contribution in [0.2, 0.25) is 0 Å². The molecule has 0 unspecified atom stereocenters. The SMILES string of the molecule is O=C(c1cccc2cc[nH]c12)N1C[C@@H]2[C@H](C1)[C@H]1CC[C@@H]2O1. The smallest absolute Gasteiger partial charge is 0.256 e. The van der Waals surface area contributed by atoms with E-state index in [9.17, 15) is 4.79 Å². The van der Waals surface area contributed by atoms with E-state index in [-0.39, 0.29) is 5.91 Å². The fraction of sp³-hybridized carbons (Fsp3) is 0.471. The number of H-pyrrole nitrogens is 1. The Bertz CT molecular complexity index is 704. The van der Waals surface area contributed by atoms with E-state index in [1.165, 1.54) is 12.8 Å². The number of benzene rings is 1. The predicted octanol–water partition coefficient (Wildman–Crippen LogP) is 2.42. The molecule has 0 aliphatic carbocycles. The molecule has 4 nitrogen and oxygen atoms in total. The van der Waals surface area contributed by atoms with Gasteiger partial charge in [0.25, 0.3) is 5.91 Å². The van der Waals surface area contributed by atoms with Crippen LogP contribution in [0.1, 0.15) is 23.2 Å². The van der Waals surface area contributed by atoms with Gasteiger partial charge in [-0.05, 0) is 25.0 Å². The molecule has 3 fully saturated rings. The fourth-order valence-corrected chi connectivity index (χ4v) is 4.56. The van der Waals surface area contributed by atoms with Crippen molar-refractivity contribution in [3.8, 4) is 0 Å². The van der Waals surface area contributed by atoms with Crippen LogP contribution in [0.4, 0.5) is 0 Å². The number of nitrogens with one attached hydrogen (secondary N) is 1. The van der Waals surface area contributed by atoms with Gasteiger partial charge in [0.1, 0.15) is 0 Å². The van der Waals surface area contributed by atoms with Crippen molar-refractivity contribution in [1.29, 1.82) is 0 Å². The Morgan fingerprint density at radius 2 is 1.90 bits per heavy atom. The van der Waals surface area contributed by atoms with Crippen molar-refractivity contribution in [2.45, 2.75) is 25.0 Å². The Morgan fingerprint density at radius 3 is 2.67 bits per heavy atom. The summed E-state index contributed by atoms with van der Waals surface area (Å²) in [5, 5.41) is 1.10. The van der Waals surface area contributed by atoms with Crippen LogP contribution in [0.5, 0.6) is 0 Å². The summed E-state index contributed by atoms with van der Waals surface area (Å²) in [6, 6.07) is 7.95. The second-order valence-corrected chi connectivity index (χ2v) is 6.58. The molecule has 4 atom stereocenters. The van der Waals surface area contributed by atoms with Gasteiger partial charge < -0.3 is 14.6 Å². The van der Waals surface area contributed by atoms with E-state index < -0.39 is 0 Å². The summed E-state index contributed by atoms with van der Waals surface area (Å²) < 4.78 is 5.99. The van der Waals surface area contributed by atoms with Crippen LogP contribution in [0.25, 0.3) is 10.9 Å². The highest BCUT2D eigenvalue weighted by atomic mass is 16.5. The minimum Gasteiger partial charge on any atom is -0.374 e. The number of ether oxygens (including phenoxy) is 1. The van der Waals surface area contributed by atoms with Gasteiger partial charge in [-0.25, -0.2) is 0 Å². The molecule has 1 N–H and O–H groups in total. The highest BCUT2D eigenvalue weighted by Gasteiger charge is 2.53. The Hall–Kier alpha value is -1.81. The quantitative estimate of drug-likeness (QED) is 0.873. The molecule has 0 radical (unpaired) electrons. The minimum atomic E-state index is 0.164. The van der Waals surface area contributed by atoms with Gasteiger partial charge in [0.05, 0.1) is 23.3 Å². The van der Waals surface area contributed by atoms with Crippen LogP contribution in [0.3, 0.4) is 0 Å². The number of aromatic nitrogens is 1. The van der Waals surface area contributed by atoms with E-state index in [1.807, 2.05) is 35.4 Å². The molecule has 1 aromatic carbocycles. The number of amides is 1. The van der Waals surface area contributed by atoms with E-state index in [0.29, 0.717) is 24.0 Å². The van der Waals surface area contributed by atoms with Crippen molar-refractivity contribution in [3.05, 3.63) is 36.0 Å². The number of para-hydroxylation sites is 1. The third kappa shape index (κ3) is 1.57. The summed E-state index contributed by atoms with van der Waals surface area (Å²) in [6.07, 6.45) is 5.06. The molecule has 5 rings (SSSR count). The van der Waals surface area contributed by atoms with Crippen molar-refractivity contribution in [3.63, 3.8) is 0 Å². The van der Waals surface area contributed by atoms with Crippen LogP contribution in [-0.2, 0) is 4.74 Å². The number of aromatic amines is 1. The average Bonchev–Trinajstić information content (AvgIpc) is 3.24. The predicted molar refractivity (Wildman–Crippen MR) is 79.1 cm³/mol. The summed E-state index contributed by atoms with van der Waals surface area (Å²) in [5.74, 6) is 1.29. The monoisotopic (exact) mass is 282 g/mol. The molecule has 1 amide bonds. The number of rotatable bonds is 1. The number of likely N-dealkylation sites (tertiary alicyclic amines) is 1. The highest BCUT2D eigenvalue weighted by Crippen LogP contribution is 2.47. The van der Waals surface area contributed by atoms with Crippen LogP contribution >= 0.6 is 0 Å². The molecule has 3 aliphatic rings. The molecular formula is C17H18N2O2. The van der Waals surface area contributed by atoms with Crippen LogP contribution in [0, 0.1) is 11.8 Å². The van der Waals surface area contributed by atoms with E-state index in [2.05, 4.69) is 4.98 Å². The third-order valence-electron chi connectivity index (χ3n) is 5.56. The number of fused-ring (bicyclic) bond motifs is 6. The van der Waals surface area contributed by atoms with Crippen LogP contribution in [-0.4, -0.2) is 41.1 Å². The number of hydrogen-bond donors (Lipinski definition) is 1. The lowest BCUT2D eigenvalue weighted by atomic mass is 9.82. The Balaban J connectivity index is 1.46. The summed E-state index contributed by atoms with van der Waals surface area (Å²) in [7, 11) is 0. The molecule has 2 aromatic rings. The average molecular weight is 282 g/mol. The molecule has 4 heterocycles. The summed E-state index contributed by atoms with van der Waals surface area (Å²) >= 11 is 0. The van der Waals surface area contributed by atoms with Gasteiger partial charge in [0.15, 0.2) is 0 Å². The molecular weight excluding hydrogens is 264 g/mol. The maximum atomic E-state index is 12.9. The molecule has 3 saturated heterocycles. The van der Waals surface area contributed by atoms with E-state index in [4.69, 9.17) is 4.74 Å². The van der Waals surface area contributed by atoms with Gasteiger partial charge in [-0.2, -0.15) is 0 Å². The first kappa shape index (κ1) is 11.8. The number of hydrogen-bond acceptors (Lipinski definition) is 2. The second kappa shape index (κ2) is 4.10. The van der Waals surface area contributed by atoms with Gasteiger partial charge >= 0.3 is 0 Å². The van der Waals surface area contributed by atoms with Crippen molar-refractivity contribution >= 4 is 16.8 Å². The Labute approximate surface area is 123 Å². The number of carbonyl (C=O) groups is 1. The van der Waals surface area contributed by atoms with Crippen LogP contribution in [0.15, 0.2) is 30.5 Å². The zero-order valence-electron chi connectivity index (χ0n) is 11.8. The standard InChI is InChI=1S/C17H18N2O2/c20-17(11-3-1-2-10-6-7-18-16(10)11)19-8-12-13(9-19)15-5-4-14(12)21-15/h1-3,6-7,12-15,18H,4-5,8-9H2/t12-,13+,14+,15-. The van der Waals surface area contributed by atoms with Gasteiger partial charge in [0.2, 0.25) is 0 Å². The minimum absolute atomic E-state index is 0.164. The fourth-order valence-electron chi connectivity index (χ4n) is 4.56. The van der Waals surface area contributed by atoms with Crippen molar-refractivity contribution in [2.24, 2.45) is 11.8 Å². The molecule has 0 spiro atoms. The van der Waals surface area contributed by atoms with Crippen molar-refractivity contribution in [2.75, 3.05) is 13.1 Å². The van der Waals surface area contributed by atoms with Crippen LogP contribution < -0.4 is 0 Å². The Kier molecular flexibility index (Phi) is 2.31. The molecule has 1 aromatic heterocycles. The van der Waals surface area contributed by atoms with Gasteiger partial charge in [-0.1, -0.05) is 12.1 Å². The third-order valence-corrected chi connectivity index (χ3v) is 5.56. The molecule has 4 heteroatoms. The Morgan fingerprint density at radius 1 is 1.14 bits per heavy atom. The molecule has 2 bridgehead atoms. The van der Waals surface area contributed by atoms with Gasteiger partial charge in [-0.15, -0.1) is 0 Å². The second-order valence-electron chi connectivity index (χ2n) is 6.58. The zero-order chi connectivity index (χ0) is 14.0. The first-order chi connectivity index (χ1) is 10.3. The lowest BCUT2D eigenvalue weighted by Crippen LogP contribution is -2.31. The molecule has 0 saturated carbocycles. The largest absolute Gasteiger partial charge is 0.374 e. The van der Waals surface area contributed by atoms with Gasteiger partial charge in [-0.3, -0.25) is 4.79 Å². The van der Waals surface area contributed by atoms with Crippen molar-refractivity contribution in [1.82, 2.24) is 9.88 Å². The molecule has 108 valence electrons. The number of carbonyl (C=O) groups excluding carboxylic acids is 1. The normalized spacial score (nSPS) is 33.8. The summed E-state index contributed by atoms with van der Waals surface area (Å²) in [5.41, 5.74) is 1.75. The molecule has 3 aliphatic heterocycles. The first-order valence-corrected chi connectivity index (χ1v) is 7.82. The summed E-state index contributed by atoms with van der Waals surface area (Å²) in [4.78, 5) is 18.1. The van der Waals surface area contributed by atoms with E-state index in [1.54, 1.807) is 0 Å². The lowest BCUT2D eigenvalue weighted by molar-refractivity contribution is 0.0595. The van der Waals surface area contributed by atoms with Gasteiger partial charge in [0, 0.05) is 36.5 Å². The lowest BCUT2D eigenvalue weighted by Gasteiger charge is -2.19. The van der Waals surface area contributed by atoms with E-state index >= 15 is 0 Å². The zero-order valence-corrected chi connectivity index (χ0v) is 11.8. The molecule has 21 heavy (non-hydrogen) atoms. The van der Waals surface area contributed by atoms with E-state index in [0.717, 1.165) is 29.6 Å². The first-order valence-electron chi connectivity index (χ1n) is 7.82. The van der Waals surface area contributed by atoms with Crippen molar-refractivity contribution < 1.29 is 9.53 Å². The highest BCUT2D eigenvalue weighted by molar-refractivity contribution is 6.05.